The van der Waals surface area contributed by atoms with Crippen molar-refractivity contribution in [3.8, 4) is 0 Å². The maximum Gasteiger partial charge on any atom is 0.140 e. The van der Waals surface area contributed by atoms with Crippen molar-refractivity contribution < 1.29 is 4.74 Å². The lowest BCUT2D eigenvalue weighted by Crippen LogP contribution is -2.29. The normalized spacial score (nSPS) is 11.1. The zero-order chi connectivity index (χ0) is 16.1. The molecule has 5 heteroatoms. The third-order valence-corrected chi connectivity index (χ3v) is 3.91. The summed E-state index contributed by atoms with van der Waals surface area (Å²) in [5, 5.41) is 1.74. The van der Waals surface area contributed by atoms with E-state index in [1.165, 1.54) is 0 Å². The van der Waals surface area contributed by atoms with Crippen LogP contribution in [0.1, 0.15) is 31.2 Å². The van der Waals surface area contributed by atoms with Gasteiger partial charge >= 0.3 is 0 Å². The summed E-state index contributed by atoms with van der Waals surface area (Å²) in [6.07, 6.45) is 2.26. The SMILES string of the molecule is CCCCN(CCOC)c1nc(C)nc2c(C)cc(Cl)cc12. The number of hydrogen-bond acceptors (Lipinski definition) is 4. The van der Waals surface area contributed by atoms with Crippen LogP contribution in [0.4, 0.5) is 5.82 Å². The average Bonchev–Trinajstić information content (AvgIpc) is 2.48. The molecular formula is C17H24ClN3O. The molecule has 0 saturated heterocycles. The van der Waals surface area contributed by atoms with E-state index in [0.29, 0.717) is 6.61 Å². The molecule has 0 bridgehead atoms. The fourth-order valence-electron chi connectivity index (χ4n) is 2.57. The molecule has 2 aromatic rings. The third kappa shape index (κ3) is 3.87. The first kappa shape index (κ1) is 17.0. The summed E-state index contributed by atoms with van der Waals surface area (Å²) >= 11 is 6.25. The van der Waals surface area contributed by atoms with Crippen LogP contribution in [0.25, 0.3) is 10.9 Å². The van der Waals surface area contributed by atoms with Gasteiger partial charge in [-0.3, -0.25) is 0 Å². The zero-order valence-corrected chi connectivity index (χ0v) is 14.6. The Hall–Kier alpha value is -1.39. The quantitative estimate of drug-likeness (QED) is 0.767. The van der Waals surface area contributed by atoms with Crippen LogP contribution in [0.5, 0.6) is 0 Å². The standard InChI is InChI=1S/C17H24ClN3O/c1-5-6-7-21(8-9-22-4)17-15-11-14(18)10-12(2)16(15)19-13(3)20-17/h10-11H,5-9H2,1-4H3. The number of ether oxygens (including phenoxy) is 1. The Kier molecular flexibility index (Phi) is 5.98. The lowest BCUT2D eigenvalue weighted by atomic mass is 10.1. The van der Waals surface area contributed by atoms with Crippen molar-refractivity contribution >= 4 is 28.3 Å². The Bertz CT molecular complexity index is 637. The number of benzene rings is 1. The van der Waals surface area contributed by atoms with Crippen LogP contribution in [0.2, 0.25) is 5.02 Å². The molecular weight excluding hydrogens is 298 g/mol. The molecule has 0 atom stereocenters. The summed E-state index contributed by atoms with van der Waals surface area (Å²) in [6, 6.07) is 3.91. The molecule has 1 aromatic heterocycles. The van der Waals surface area contributed by atoms with Crippen molar-refractivity contribution in [3.05, 3.63) is 28.5 Å². The highest BCUT2D eigenvalue weighted by Crippen LogP contribution is 2.29. The first-order valence-corrected chi connectivity index (χ1v) is 8.13. The number of aryl methyl sites for hydroxylation is 2. The van der Waals surface area contributed by atoms with Gasteiger partial charge in [-0.25, -0.2) is 9.97 Å². The average molecular weight is 322 g/mol. The molecule has 0 aliphatic rings. The molecule has 0 fully saturated rings. The second kappa shape index (κ2) is 7.75. The molecule has 0 saturated carbocycles. The highest BCUT2D eigenvalue weighted by Gasteiger charge is 2.15. The van der Waals surface area contributed by atoms with Crippen LogP contribution in [0, 0.1) is 13.8 Å². The summed E-state index contributed by atoms with van der Waals surface area (Å²) in [5.74, 6) is 1.74. The number of methoxy groups -OCH3 is 1. The number of halogens is 1. The minimum atomic E-state index is 0.674. The van der Waals surface area contributed by atoms with E-state index in [1.807, 2.05) is 26.0 Å². The van der Waals surface area contributed by atoms with Gasteiger partial charge in [-0.05, 0) is 38.0 Å². The zero-order valence-electron chi connectivity index (χ0n) is 13.8. The van der Waals surface area contributed by atoms with E-state index in [2.05, 4.69) is 16.8 Å². The Morgan fingerprint density at radius 1 is 1.18 bits per heavy atom. The maximum atomic E-state index is 6.25. The molecule has 2 rings (SSSR count). The largest absolute Gasteiger partial charge is 0.383 e. The molecule has 4 nitrogen and oxygen atoms in total. The van der Waals surface area contributed by atoms with Gasteiger partial charge in [0.15, 0.2) is 0 Å². The second-order valence-corrected chi connectivity index (χ2v) is 5.98. The van der Waals surface area contributed by atoms with Crippen molar-refractivity contribution in [1.29, 1.82) is 0 Å². The Morgan fingerprint density at radius 3 is 2.64 bits per heavy atom. The molecule has 0 unspecified atom stereocenters. The Balaban J connectivity index is 2.54. The number of nitrogens with zero attached hydrogens (tertiary/aromatic N) is 3. The molecule has 0 aliphatic heterocycles. The van der Waals surface area contributed by atoms with Crippen LogP contribution in [0.15, 0.2) is 12.1 Å². The van der Waals surface area contributed by atoms with E-state index >= 15 is 0 Å². The fourth-order valence-corrected chi connectivity index (χ4v) is 2.84. The predicted molar refractivity (Wildman–Crippen MR) is 93.0 cm³/mol. The summed E-state index contributed by atoms with van der Waals surface area (Å²) < 4.78 is 5.25. The topological polar surface area (TPSA) is 38.2 Å². The van der Waals surface area contributed by atoms with Crippen LogP contribution >= 0.6 is 11.6 Å². The number of hydrogen-bond donors (Lipinski definition) is 0. The number of anilines is 1. The summed E-state index contributed by atoms with van der Waals surface area (Å²) in [6.45, 7) is 8.61. The first-order valence-electron chi connectivity index (χ1n) is 7.75. The van der Waals surface area contributed by atoms with E-state index in [9.17, 15) is 0 Å². The number of fused-ring (bicyclic) bond motifs is 1. The molecule has 0 N–H and O–H groups in total. The molecule has 120 valence electrons. The smallest absolute Gasteiger partial charge is 0.140 e. The lowest BCUT2D eigenvalue weighted by molar-refractivity contribution is 0.205. The van der Waals surface area contributed by atoms with E-state index in [-0.39, 0.29) is 0 Å². The van der Waals surface area contributed by atoms with Crippen molar-refractivity contribution in [2.24, 2.45) is 0 Å². The van der Waals surface area contributed by atoms with Gasteiger partial charge in [0.05, 0.1) is 12.1 Å². The Morgan fingerprint density at radius 2 is 1.95 bits per heavy atom. The van der Waals surface area contributed by atoms with Gasteiger partial charge in [-0.15, -0.1) is 0 Å². The van der Waals surface area contributed by atoms with Crippen LogP contribution in [0.3, 0.4) is 0 Å². The molecule has 1 aromatic carbocycles. The van der Waals surface area contributed by atoms with Gasteiger partial charge in [0.25, 0.3) is 0 Å². The summed E-state index contributed by atoms with van der Waals surface area (Å²) in [7, 11) is 1.72. The van der Waals surface area contributed by atoms with Crippen LogP contribution in [-0.4, -0.2) is 36.8 Å². The van der Waals surface area contributed by atoms with E-state index < -0.39 is 0 Å². The van der Waals surface area contributed by atoms with Gasteiger partial charge in [-0.2, -0.15) is 0 Å². The van der Waals surface area contributed by atoms with Crippen LogP contribution in [-0.2, 0) is 4.74 Å². The van der Waals surface area contributed by atoms with Gasteiger partial charge in [0.2, 0.25) is 0 Å². The maximum absolute atomic E-state index is 6.25. The number of rotatable bonds is 7. The Labute approximate surface area is 137 Å². The van der Waals surface area contributed by atoms with E-state index in [1.54, 1.807) is 7.11 Å². The molecule has 0 spiro atoms. The molecule has 0 aliphatic carbocycles. The van der Waals surface area contributed by atoms with E-state index in [0.717, 1.165) is 59.1 Å². The minimum Gasteiger partial charge on any atom is -0.383 e. The molecule has 0 amide bonds. The van der Waals surface area contributed by atoms with E-state index in [4.69, 9.17) is 21.3 Å². The third-order valence-electron chi connectivity index (χ3n) is 3.69. The summed E-state index contributed by atoms with van der Waals surface area (Å²) in [5.41, 5.74) is 2.06. The van der Waals surface area contributed by atoms with Crippen LogP contribution < -0.4 is 4.90 Å². The highest BCUT2D eigenvalue weighted by atomic mass is 35.5. The fraction of sp³-hybridized carbons (Fsp3) is 0.529. The van der Waals surface area contributed by atoms with Crippen molar-refractivity contribution in [3.63, 3.8) is 0 Å². The minimum absolute atomic E-state index is 0.674. The molecule has 1 heterocycles. The van der Waals surface area contributed by atoms with Gasteiger partial charge in [-0.1, -0.05) is 24.9 Å². The predicted octanol–water partition coefficient (Wildman–Crippen LogP) is 4.15. The first-order chi connectivity index (χ1) is 10.6. The highest BCUT2D eigenvalue weighted by molar-refractivity contribution is 6.31. The lowest BCUT2D eigenvalue weighted by Gasteiger charge is -2.25. The van der Waals surface area contributed by atoms with Crippen molar-refractivity contribution in [2.45, 2.75) is 33.6 Å². The number of unbranched alkanes of at least 4 members (excludes halogenated alkanes) is 1. The van der Waals surface area contributed by atoms with Crippen molar-refractivity contribution in [1.82, 2.24) is 9.97 Å². The van der Waals surface area contributed by atoms with Gasteiger partial charge in [0.1, 0.15) is 11.6 Å². The van der Waals surface area contributed by atoms with Gasteiger partial charge < -0.3 is 9.64 Å². The van der Waals surface area contributed by atoms with Gasteiger partial charge in [0, 0.05) is 30.6 Å². The second-order valence-electron chi connectivity index (χ2n) is 5.55. The summed E-state index contributed by atoms with van der Waals surface area (Å²) in [4.78, 5) is 11.6. The monoisotopic (exact) mass is 321 g/mol. The molecule has 0 radical (unpaired) electrons. The number of aromatic nitrogens is 2. The van der Waals surface area contributed by atoms with Crippen molar-refractivity contribution in [2.75, 3.05) is 31.7 Å². The molecule has 22 heavy (non-hydrogen) atoms.